The highest BCUT2D eigenvalue weighted by atomic mass is 35.5. The number of amides is 1. The van der Waals surface area contributed by atoms with Gasteiger partial charge in [0.1, 0.15) is 10.0 Å². The lowest BCUT2D eigenvalue weighted by atomic mass is 10.1. The summed E-state index contributed by atoms with van der Waals surface area (Å²) in [6, 6.07) is 2.84. The fraction of sp³-hybridized carbons (Fsp3) is 0.455. The normalized spacial score (nSPS) is 20.4. The van der Waals surface area contributed by atoms with Crippen LogP contribution in [0.4, 0.5) is 0 Å². The average molecular weight is 289 g/mol. The van der Waals surface area contributed by atoms with Crippen LogP contribution in [-0.4, -0.2) is 30.2 Å². The summed E-state index contributed by atoms with van der Waals surface area (Å²) in [6.45, 7) is 2.16. The monoisotopic (exact) mass is 288 g/mol. The zero-order chi connectivity index (χ0) is 13.3. The minimum atomic E-state index is -3.87. The first-order valence-electron chi connectivity index (χ1n) is 5.63. The minimum Gasteiger partial charge on any atom is -0.274 e. The molecular weight excluding hydrogens is 276 g/mol. The van der Waals surface area contributed by atoms with Gasteiger partial charge in [0.25, 0.3) is 10.0 Å². The Morgan fingerprint density at radius 1 is 1.56 bits per heavy atom. The van der Waals surface area contributed by atoms with Gasteiger partial charge in [0.05, 0.1) is 0 Å². The number of aromatic nitrogens is 1. The SMILES string of the molecule is CCC1CC(=O)N(S(=O)(=O)c2cccnc2Cl)C1. The highest BCUT2D eigenvalue weighted by Gasteiger charge is 2.38. The van der Waals surface area contributed by atoms with Crippen molar-refractivity contribution in [2.45, 2.75) is 24.7 Å². The maximum Gasteiger partial charge on any atom is 0.269 e. The van der Waals surface area contributed by atoms with E-state index in [9.17, 15) is 13.2 Å². The maximum absolute atomic E-state index is 12.3. The Morgan fingerprint density at radius 2 is 2.28 bits per heavy atom. The summed E-state index contributed by atoms with van der Waals surface area (Å²) in [5.74, 6) is -0.288. The van der Waals surface area contributed by atoms with Crippen LogP contribution in [0.15, 0.2) is 23.2 Å². The molecule has 0 spiro atoms. The third kappa shape index (κ3) is 2.22. The number of pyridine rings is 1. The van der Waals surface area contributed by atoms with E-state index in [4.69, 9.17) is 11.6 Å². The fourth-order valence-electron chi connectivity index (χ4n) is 1.94. The van der Waals surface area contributed by atoms with Crippen molar-refractivity contribution < 1.29 is 13.2 Å². The molecule has 18 heavy (non-hydrogen) atoms. The van der Waals surface area contributed by atoms with Gasteiger partial charge in [0, 0.05) is 19.2 Å². The van der Waals surface area contributed by atoms with Gasteiger partial charge in [-0.05, 0) is 18.1 Å². The molecule has 1 aromatic heterocycles. The molecule has 1 amide bonds. The van der Waals surface area contributed by atoms with E-state index in [1.807, 2.05) is 6.92 Å². The van der Waals surface area contributed by atoms with Gasteiger partial charge in [-0.25, -0.2) is 17.7 Å². The average Bonchev–Trinajstić information content (AvgIpc) is 2.71. The highest BCUT2D eigenvalue weighted by Crippen LogP contribution is 2.29. The van der Waals surface area contributed by atoms with E-state index in [-0.39, 0.29) is 34.8 Å². The molecule has 0 saturated carbocycles. The molecule has 2 heterocycles. The summed E-state index contributed by atoms with van der Waals surface area (Å²) >= 11 is 5.78. The molecule has 2 rings (SSSR count). The van der Waals surface area contributed by atoms with Gasteiger partial charge in [-0.2, -0.15) is 0 Å². The first kappa shape index (κ1) is 13.3. The summed E-state index contributed by atoms with van der Waals surface area (Å²) in [5, 5.41) is -0.106. The van der Waals surface area contributed by atoms with Gasteiger partial charge in [0.15, 0.2) is 0 Å². The zero-order valence-electron chi connectivity index (χ0n) is 9.84. The second-order valence-corrected chi connectivity index (χ2v) is 6.39. The molecule has 1 aliphatic rings. The number of rotatable bonds is 3. The van der Waals surface area contributed by atoms with Crippen LogP contribution in [0.5, 0.6) is 0 Å². The number of halogens is 1. The van der Waals surface area contributed by atoms with Crippen molar-refractivity contribution in [3.8, 4) is 0 Å². The number of carbonyl (C=O) groups excluding carboxylic acids is 1. The zero-order valence-corrected chi connectivity index (χ0v) is 11.4. The molecule has 1 aromatic rings. The highest BCUT2D eigenvalue weighted by molar-refractivity contribution is 7.89. The molecule has 1 fully saturated rings. The molecule has 98 valence electrons. The van der Waals surface area contributed by atoms with Crippen LogP contribution >= 0.6 is 11.6 Å². The molecule has 0 aliphatic carbocycles. The molecule has 1 atom stereocenters. The smallest absolute Gasteiger partial charge is 0.269 e. The van der Waals surface area contributed by atoms with Crippen molar-refractivity contribution in [2.75, 3.05) is 6.54 Å². The van der Waals surface area contributed by atoms with Crippen LogP contribution < -0.4 is 0 Å². The van der Waals surface area contributed by atoms with Gasteiger partial charge < -0.3 is 0 Å². The van der Waals surface area contributed by atoms with Gasteiger partial charge in [0.2, 0.25) is 5.91 Å². The first-order valence-corrected chi connectivity index (χ1v) is 7.44. The molecule has 1 aliphatic heterocycles. The lowest BCUT2D eigenvalue weighted by molar-refractivity contribution is -0.123. The first-order chi connectivity index (χ1) is 8.46. The van der Waals surface area contributed by atoms with Crippen molar-refractivity contribution in [1.82, 2.24) is 9.29 Å². The topological polar surface area (TPSA) is 67.3 Å². The van der Waals surface area contributed by atoms with Crippen molar-refractivity contribution in [2.24, 2.45) is 5.92 Å². The fourth-order valence-corrected chi connectivity index (χ4v) is 3.85. The van der Waals surface area contributed by atoms with E-state index in [2.05, 4.69) is 4.98 Å². The summed E-state index contributed by atoms with van der Waals surface area (Å²) in [4.78, 5) is 15.4. The standard InChI is InChI=1S/C11H13ClN2O3S/c1-2-8-6-10(15)14(7-8)18(16,17)9-4-3-5-13-11(9)12/h3-5,8H,2,6-7H2,1H3. The van der Waals surface area contributed by atoms with Gasteiger partial charge in [-0.3, -0.25) is 4.79 Å². The number of hydrogen-bond donors (Lipinski definition) is 0. The Hall–Kier alpha value is -1.14. The van der Waals surface area contributed by atoms with Crippen LogP contribution in [0, 0.1) is 5.92 Å². The van der Waals surface area contributed by atoms with Crippen LogP contribution in [0.2, 0.25) is 5.15 Å². The van der Waals surface area contributed by atoms with Crippen molar-refractivity contribution in [1.29, 1.82) is 0 Å². The summed E-state index contributed by atoms with van der Waals surface area (Å²) in [5.41, 5.74) is 0. The summed E-state index contributed by atoms with van der Waals surface area (Å²) in [6.07, 6.45) is 2.45. The molecule has 0 radical (unpaired) electrons. The molecular formula is C11H13ClN2O3S. The van der Waals surface area contributed by atoms with Crippen molar-refractivity contribution in [3.63, 3.8) is 0 Å². The minimum absolute atomic E-state index is 0.0859. The number of sulfonamides is 1. The van der Waals surface area contributed by atoms with Crippen molar-refractivity contribution >= 4 is 27.5 Å². The number of nitrogens with zero attached hydrogens (tertiary/aromatic N) is 2. The second kappa shape index (κ2) is 4.85. The molecule has 0 N–H and O–H groups in total. The lowest BCUT2D eigenvalue weighted by Gasteiger charge is -2.17. The Morgan fingerprint density at radius 3 is 2.83 bits per heavy atom. The Kier molecular flexibility index (Phi) is 3.59. The maximum atomic E-state index is 12.3. The molecule has 0 aromatic carbocycles. The van der Waals surface area contributed by atoms with Crippen LogP contribution in [0.1, 0.15) is 19.8 Å². The third-order valence-electron chi connectivity index (χ3n) is 3.04. The quantitative estimate of drug-likeness (QED) is 0.794. The van der Waals surface area contributed by atoms with Gasteiger partial charge >= 0.3 is 0 Å². The van der Waals surface area contributed by atoms with E-state index in [1.54, 1.807) is 0 Å². The summed E-state index contributed by atoms with van der Waals surface area (Å²) < 4.78 is 25.5. The Balaban J connectivity index is 2.39. The molecule has 1 saturated heterocycles. The summed E-state index contributed by atoms with van der Waals surface area (Å²) in [7, 11) is -3.87. The van der Waals surface area contributed by atoms with E-state index < -0.39 is 10.0 Å². The van der Waals surface area contributed by atoms with E-state index >= 15 is 0 Å². The van der Waals surface area contributed by atoms with Gasteiger partial charge in [-0.15, -0.1) is 0 Å². The largest absolute Gasteiger partial charge is 0.274 e. The van der Waals surface area contributed by atoms with E-state index in [0.29, 0.717) is 0 Å². The molecule has 5 nitrogen and oxygen atoms in total. The number of hydrogen-bond acceptors (Lipinski definition) is 4. The second-order valence-electron chi connectivity index (χ2n) is 4.20. The molecule has 0 bridgehead atoms. The van der Waals surface area contributed by atoms with Gasteiger partial charge in [-0.1, -0.05) is 24.9 Å². The van der Waals surface area contributed by atoms with Crippen molar-refractivity contribution in [3.05, 3.63) is 23.5 Å². The Bertz CT molecular complexity index is 573. The van der Waals surface area contributed by atoms with Crippen LogP contribution in [-0.2, 0) is 14.8 Å². The van der Waals surface area contributed by atoms with Crippen LogP contribution in [0.25, 0.3) is 0 Å². The predicted octanol–water partition coefficient (Wildman–Crippen LogP) is 1.68. The van der Waals surface area contributed by atoms with E-state index in [0.717, 1.165) is 10.7 Å². The molecule has 7 heteroatoms. The third-order valence-corrected chi connectivity index (χ3v) is 5.27. The Labute approximate surface area is 111 Å². The number of carbonyl (C=O) groups is 1. The van der Waals surface area contributed by atoms with E-state index in [1.165, 1.54) is 18.3 Å². The lowest BCUT2D eigenvalue weighted by Crippen LogP contribution is -2.32. The van der Waals surface area contributed by atoms with Crippen LogP contribution in [0.3, 0.4) is 0 Å². The molecule has 1 unspecified atom stereocenters. The predicted molar refractivity (Wildman–Crippen MR) is 66.5 cm³/mol.